The number of aryl methyl sites for hydroxylation is 1. The van der Waals surface area contributed by atoms with Crippen molar-refractivity contribution in [3.63, 3.8) is 0 Å². The number of fused-ring (bicyclic) bond motifs is 1. The number of nitrogens with zero attached hydrogens (tertiary/aromatic N) is 4. The normalized spacial score (nSPS) is 15.3. The molecular weight excluding hydrogens is 464 g/mol. The van der Waals surface area contributed by atoms with Crippen LogP contribution in [0.15, 0.2) is 48.5 Å². The summed E-state index contributed by atoms with van der Waals surface area (Å²) in [7, 11) is 4.22. The van der Waals surface area contributed by atoms with Gasteiger partial charge < -0.3 is 24.2 Å². The van der Waals surface area contributed by atoms with E-state index in [1.54, 1.807) is 0 Å². The molecule has 1 fully saturated rings. The number of hydrogen-bond acceptors (Lipinski definition) is 4. The number of benzene rings is 2. The molecule has 0 spiro atoms. The lowest BCUT2D eigenvalue weighted by Gasteiger charge is -2.32. The first-order valence-electron chi connectivity index (χ1n) is 13.3. The SMILES string of the molecule is CCN(CCCCC#Cc1cccc(C(OC2CCN(C)CC2)c2nc3ccccc3n2C)c1)C(=O)O. The summed E-state index contributed by atoms with van der Waals surface area (Å²) >= 11 is 0. The Kier molecular flexibility index (Phi) is 9.21. The van der Waals surface area contributed by atoms with Crippen LogP contribution in [-0.4, -0.2) is 69.9 Å². The number of para-hydroxylation sites is 2. The number of aromatic nitrogens is 2. The van der Waals surface area contributed by atoms with E-state index in [0.717, 1.165) is 73.2 Å². The van der Waals surface area contributed by atoms with E-state index in [0.29, 0.717) is 13.1 Å². The highest BCUT2D eigenvalue weighted by Gasteiger charge is 2.27. The van der Waals surface area contributed by atoms with E-state index in [2.05, 4.69) is 53.6 Å². The third-order valence-corrected chi connectivity index (χ3v) is 7.10. The van der Waals surface area contributed by atoms with Gasteiger partial charge in [-0.25, -0.2) is 9.78 Å². The first-order valence-corrected chi connectivity index (χ1v) is 13.3. The summed E-state index contributed by atoms with van der Waals surface area (Å²) < 4.78 is 8.92. The molecule has 0 aliphatic carbocycles. The Morgan fingerprint density at radius 3 is 2.68 bits per heavy atom. The maximum absolute atomic E-state index is 11.1. The largest absolute Gasteiger partial charge is 0.465 e. The molecule has 7 heteroatoms. The highest BCUT2D eigenvalue weighted by atomic mass is 16.5. The fraction of sp³-hybridized carbons (Fsp3) is 0.467. The third-order valence-electron chi connectivity index (χ3n) is 7.10. The van der Waals surface area contributed by atoms with Crippen molar-refractivity contribution in [1.29, 1.82) is 0 Å². The number of likely N-dealkylation sites (tertiary alicyclic amines) is 1. The minimum atomic E-state index is -0.858. The highest BCUT2D eigenvalue weighted by Crippen LogP contribution is 2.31. The van der Waals surface area contributed by atoms with E-state index in [9.17, 15) is 4.79 Å². The van der Waals surface area contributed by atoms with Crippen LogP contribution in [0.2, 0.25) is 0 Å². The van der Waals surface area contributed by atoms with E-state index >= 15 is 0 Å². The Labute approximate surface area is 220 Å². The summed E-state index contributed by atoms with van der Waals surface area (Å²) in [5.74, 6) is 7.47. The molecule has 2 aromatic carbocycles. The van der Waals surface area contributed by atoms with Gasteiger partial charge in [-0.1, -0.05) is 36.1 Å². The molecule has 0 radical (unpaired) electrons. The van der Waals surface area contributed by atoms with Gasteiger partial charge >= 0.3 is 6.09 Å². The smallest absolute Gasteiger partial charge is 0.407 e. The predicted molar refractivity (Wildman–Crippen MR) is 147 cm³/mol. The molecule has 1 saturated heterocycles. The van der Waals surface area contributed by atoms with Gasteiger partial charge in [0.1, 0.15) is 11.9 Å². The molecule has 4 rings (SSSR count). The Hall–Kier alpha value is -3.34. The van der Waals surface area contributed by atoms with Crippen LogP contribution in [0.1, 0.15) is 62.1 Å². The summed E-state index contributed by atoms with van der Waals surface area (Å²) in [4.78, 5) is 19.9. The van der Waals surface area contributed by atoms with Crippen molar-refractivity contribution in [2.24, 2.45) is 7.05 Å². The summed E-state index contributed by atoms with van der Waals surface area (Å²) in [6.45, 7) is 5.00. The van der Waals surface area contributed by atoms with E-state index < -0.39 is 6.09 Å². The number of hydrogen-bond donors (Lipinski definition) is 1. The van der Waals surface area contributed by atoms with Crippen molar-refractivity contribution in [3.8, 4) is 11.8 Å². The average Bonchev–Trinajstić information content (AvgIpc) is 3.24. The number of unbranched alkanes of at least 4 members (excludes halogenated alkanes) is 2. The van der Waals surface area contributed by atoms with E-state index in [1.807, 2.05) is 37.3 Å². The summed E-state index contributed by atoms with van der Waals surface area (Å²) in [6.07, 6.45) is 3.49. The van der Waals surface area contributed by atoms with Crippen molar-refractivity contribution in [3.05, 3.63) is 65.5 Å². The van der Waals surface area contributed by atoms with Gasteiger partial charge in [0.2, 0.25) is 0 Å². The monoisotopic (exact) mass is 502 g/mol. The van der Waals surface area contributed by atoms with Crippen molar-refractivity contribution in [2.45, 2.75) is 51.2 Å². The molecular formula is C30H38N4O3. The van der Waals surface area contributed by atoms with Crippen LogP contribution < -0.4 is 0 Å². The van der Waals surface area contributed by atoms with Crippen molar-refractivity contribution < 1.29 is 14.6 Å². The maximum Gasteiger partial charge on any atom is 0.407 e. The maximum atomic E-state index is 11.1. The number of carboxylic acid groups (broad SMARTS) is 1. The second-order valence-electron chi connectivity index (χ2n) is 9.78. The second-order valence-corrected chi connectivity index (χ2v) is 9.78. The molecule has 0 saturated carbocycles. The van der Waals surface area contributed by atoms with Crippen LogP contribution in [0, 0.1) is 11.8 Å². The highest BCUT2D eigenvalue weighted by molar-refractivity contribution is 5.76. The molecule has 1 atom stereocenters. The number of piperidine rings is 1. The van der Waals surface area contributed by atoms with Gasteiger partial charge in [-0.3, -0.25) is 0 Å². The van der Waals surface area contributed by atoms with Gasteiger partial charge in [0.25, 0.3) is 0 Å². The molecule has 1 aliphatic rings. The number of imidazole rings is 1. The summed E-state index contributed by atoms with van der Waals surface area (Å²) in [5, 5.41) is 9.13. The Morgan fingerprint density at radius 2 is 1.95 bits per heavy atom. The first-order chi connectivity index (χ1) is 18.0. The molecule has 1 amide bonds. The fourth-order valence-electron chi connectivity index (χ4n) is 4.85. The van der Waals surface area contributed by atoms with Gasteiger partial charge in [0.05, 0.1) is 17.1 Å². The molecule has 7 nitrogen and oxygen atoms in total. The number of carbonyl (C=O) groups is 1. The number of ether oxygens (including phenoxy) is 1. The van der Waals surface area contributed by atoms with E-state index in [4.69, 9.17) is 14.8 Å². The second kappa shape index (κ2) is 12.8. The van der Waals surface area contributed by atoms with Gasteiger partial charge in [-0.2, -0.15) is 0 Å². The molecule has 1 N–H and O–H groups in total. The standard InChI is InChI=1S/C30H38N4O3/c1-4-34(30(35)36)19-10-6-5-7-12-23-13-11-14-24(22-23)28(37-25-17-20-32(2)21-18-25)29-31-26-15-8-9-16-27(26)33(29)3/h8-9,11,13-16,22,25,28H,4-6,10,17-21H2,1-3H3,(H,35,36). The first kappa shape index (κ1) is 26.7. The quantitative estimate of drug-likeness (QED) is 0.318. The Morgan fingerprint density at radius 1 is 1.16 bits per heavy atom. The van der Waals surface area contributed by atoms with Crippen LogP contribution in [0.4, 0.5) is 4.79 Å². The van der Waals surface area contributed by atoms with Crippen molar-refractivity contribution in [2.75, 3.05) is 33.2 Å². The zero-order valence-corrected chi connectivity index (χ0v) is 22.2. The minimum absolute atomic E-state index is 0.184. The van der Waals surface area contributed by atoms with Crippen LogP contribution in [0.5, 0.6) is 0 Å². The van der Waals surface area contributed by atoms with Crippen LogP contribution in [-0.2, 0) is 11.8 Å². The van der Waals surface area contributed by atoms with Crippen molar-refractivity contribution in [1.82, 2.24) is 19.4 Å². The summed E-state index contributed by atoms with van der Waals surface area (Å²) in [5.41, 5.74) is 4.07. The molecule has 1 aromatic heterocycles. The van der Waals surface area contributed by atoms with Gasteiger partial charge in [-0.15, -0.1) is 0 Å². The molecule has 2 heterocycles. The number of amides is 1. The van der Waals surface area contributed by atoms with Crippen LogP contribution >= 0.6 is 0 Å². The Bertz CT molecular complexity index is 1250. The topological polar surface area (TPSA) is 70.8 Å². The zero-order chi connectivity index (χ0) is 26.2. The van der Waals surface area contributed by atoms with E-state index in [1.165, 1.54) is 4.90 Å². The van der Waals surface area contributed by atoms with Crippen molar-refractivity contribution >= 4 is 17.1 Å². The lowest BCUT2D eigenvalue weighted by atomic mass is 10.0. The zero-order valence-electron chi connectivity index (χ0n) is 22.2. The third kappa shape index (κ3) is 6.91. The van der Waals surface area contributed by atoms with Crippen LogP contribution in [0.3, 0.4) is 0 Å². The lowest BCUT2D eigenvalue weighted by Crippen LogP contribution is -2.35. The van der Waals surface area contributed by atoms with Gasteiger partial charge in [-0.05, 0) is 69.5 Å². The predicted octanol–water partition coefficient (Wildman–Crippen LogP) is 5.30. The summed E-state index contributed by atoms with van der Waals surface area (Å²) in [6, 6.07) is 16.5. The molecule has 1 aliphatic heterocycles. The average molecular weight is 503 g/mol. The number of rotatable bonds is 9. The fourth-order valence-corrected chi connectivity index (χ4v) is 4.85. The molecule has 3 aromatic rings. The minimum Gasteiger partial charge on any atom is -0.465 e. The molecule has 1 unspecified atom stereocenters. The van der Waals surface area contributed by atoms with Gasteiger partial charge in [0, 0.05) is 45.2 Å². The van der Waals surface area contributed by atoms with E-state index in [-0.39, 0.29) is 12.2 Å². The molecule has 37 heavy (non-hydrogen) atoms. The van der Waals surface area contributed by atoms with Gasteiger partial charge in [0.15, 0.2) is 0 Å². The lowest BCUT2D eigenvalue weighted by molar-refractivity contribution is -0.0276. The van der Waals surface area contributed by atoms with Crippen LogP contribution in [0.25, 0.3) is 11.0 Å². The Balaban J connectivity index is 1.51. The molecule has 0 bridgehead atoms. The molecule has 196 valence electrons.